The van der Waals surface area contributed by atoms with E-state index in [1.54, 1.807) is 18.2 Å². The van der Waals surface area contributed by atoms with Gasteiger partial charge < -0.3 is 10.2 Å². The molecule has 0 bridgehead atoms. The molecule has 1 fully saturated rings. The smallest absolute Gasteiger partial charge is 0.243 e. The Labute approximate surface area is 196 Å². The van der Waals surface area contributed by atoms with E-state index < -0.39 is 10.0 Å². The summed E-state index contributed by atoms with van der Waals surface area (Å²) < 4.78 is 41.1. The molecule has 6 nitrogen and oxygen atoms in total. The largest absolute Gasteiger partial charge is 0.354 e. The van der Waals surface area contributed by atoms with E-state index in [-0.39, 0.29) is 23.7 Å². The summed E-state index contributed by atoms with van der Waals surface area (Å²) in [5.74, 6) is -0.297. The van der Waals surface area contributed by atoms with Gasteiger partial charge >= 0.3 is 0 Å². The first kappa shape index (κ1) is 25.3. The van der Waals surface area contributed by atoms with Crippen molar-refractivity contribution in [2.45, 2.75) is 43.5 Å². The van der Waals surface area contributed by atoms with E-state index in [2.05, 4.69) is 19.2 Å². The average Bonchev–Trinajstić information content (AvgIpc) is 2.79. The summed E-state index contributed by atoms with van der Waals surface area (Å²) in [5.41, 5.74) is 1.89. The van der Waals surface area contributed by atoms with E-state index in [1.165, 1.54) is 16.4 Å². The Hall–Kier alpha value is -2.29. The second-order valence-corrected chi connectivity index (χ2v) is 11.1. The van der Waals surface area contributed by atoms with Crippen molar-refractivity contribution in [3.8, 4) is 0 Å². The van der Waals surface area contributed by atoms with Gasteiger partial charge in [-0.05, 0) is 68.2 Å². The molecule has 1 aliphatic rings. The Morgan fingerprint density at radius 3 is 2.27 bits per heavy atom. The van der Waals surface area contributed by atoms with E-state index in [0.717, 1.165) is 11.1 Å². The maximum atomic E-state index is 13.6. The van der Waals surface area contributed by atoms with Gasteiger partial charge in [0.1, 0.15) is 5.82 Å². The van der Waals surface area contributed by atoms with Crippen molar-refractivity contribution in [2.75, 3.05) is 33.7 Å². The van der Waals surface area contributed by atoms with Crippen LogP contribution in [0.4, 0.5) is 4.39 Å². The highest BCUT2D eigenvalue weighted by molar-refractivity contribution is 7.89. The SMILES string of the molecule is CC(C)c1ccc(S(=O)(=O)N2CCC(C(=O)NCC(c3cccc(F)c3)N(C)C)CC2)cc1. The standard InChI is InChI=1S/C25H34FN3O3S/c1-18(2)19-8-10-23(11-9-19)33(31,32)29-14-12-20(13-15-29)25(30)27-17-24(28(3)4)21-6-5-7-22(26)16-21/h5-11,16,18,20,24H,12-15,17H2,1-4H3,(H,27,30). The molecule has 0 aromatic heterocycles. The quantitative estimate of drug-likeness (QED) is 0.631. The highest BCUT2D eigenvalue weighted by atomic mass is 32.2. The third-order valence-corrected chi connectivity index (χ3v) is 8.25. The topological polar surface area (TPSA) is 69.7 Å². The van der Waals surface area contributed by atoms with Crippen molar-refractivity contribution in [3.63, 3.8) is 0 Å². The Morgan fingerprint density at radius 2 is 1.73 bits per heavy atom. The molecule has 0 saturated carbocycles. The van der Waals surface area contributed by atoms with Crippen LogP contribution in [-0.4, -0.2) is 57.3 Å². The third-order valence-electron chi connectivity index (χ3n) is 6.34. The van der Waals surface area contributed by atoms with Crippen molar-refractivity contribution in [1.82, 2.24) is 14.5 Å². The molecule has 1 saturated heterocycles. The van der Waals surface area contributed by atoms with Crippen LogP contribution in [0.25, 0.3) is 0 Å². The van der Waals surface area contributed by atoms with Crippen molar-refractivity contribution in [2.24, 2.45) is 5.92 Å². The number of hydrogen-bond donors (Lipinski definition) is 1. The molecule has 1 heterocycles. The molecule has 1 aliphatic heterocycles. The summed E-state index contributed by atoms with van der Waals surface area (Å²) in [7, 11) is 0.204. The van der Waals surface area contributed by atoms with E-state index in [0.29, 0.717) is 43.3 Å². The minimum atomic E-state index is -3.57. The lowest BCUT2D eigenvalue weighted by Crippen LogP contribution is -2.44. The van der Waals surface area contributed by atoms with E-state index >= 15 is 0 Å². The molecule has 1 unspecified atom stereocenters. The second kappa shape index (κ2) is 10.8. The van der Waals surface area contributed by atoms with Gasteiger partial charge in [0.25, 0.3) is 0 Å². The molecule has 2 aromatic carbocycles. The van der Waals surface area contributed by atoms with Crippen molar-refractivity contribution in [1.29, 1.82) is 0 Å². The first-order chi connectivity index (χ1) is 15.6. The van der Waals surface area contributed by atoms with Crippen LogP contribution < -0.4 is 5.32 Å². The number of sulfonamides is 1. The van der Waals surface area contributed by atoms with Gasteiger partial charge in [0.2, 0.25) is 15.9 Å². The van der Waals surface area contributed by atoms with E-state index in [1.807, 2.05) is 37.2 Å². The monoisotopic (exact) mass is 475 g/mol. The number of carbonyl (C=O) groups excluding carboxylic acids is 1. The lowest BCUT2D eigenvalue weighted by Gasteiger charge is -2.31. The summed E-state index contributed by atoms with van der Waals surface area (Å²) >= 11 is 0. The molecule has 1 N–H and O–H groups in total. The number of amides is 1. The lowest BCUT2D eigenvalue weighted by atomic mass is 9.97. The van der Waals surface area contributed by atoms with Crippen LogP contribution in [-0.2, 0) is 14.8 Å². The van der Waals surface area contributed by atoms with Gasteiger partial charge in [-0.2, -0.15) is 4.31 Å². The summed E-state index contributed by atoms with van der Waals surface area (Å²) in [6, 6.07) is 13.3. The van der Waals surface area contributed by atoms with E-state index in [4.69, 9.17) is 0 Å². The van der Waals surface area contributed by atoms with Crippen molar-refractivity contribution < 1.29 is 17.6 Å². The predicted molar refractivity (Wildman–Crippen MR) is 128 cm³/mol. The molecule has 1 amide bonds. The van der Waals surface area contributed by atoms with Gasteiger partial charge in [0, 0.05) is 25.6 Å². The summed E-state index contributed by atoms with van der Waals surface area (Å²) in [6.45, 7) is 5.12. The molecular formula is C25H34FN3O3S. The van der Waals surface area contributed by atoms with Gasteiger partial charge in [-0.1, -0.05) is 38.1 Å². The Balaban J connectivity index is 1.57. The predicted octanol–water partition coefficient (Wildman–Crippen LogP) is 3.77. The molecule has 0 radical (unpaired) electrons. The van der Waals surface area contributed by atoms with Crippen molar-refractivity contribution in [3.05, 3.63) is 65.5 Å². The zero-order valence-electron chi connectivity index (χ0n) is 19.8. The van der Waals surface area contributed by atoms with E-state index in [9.17, 15) is 17.6 Å². The number of carbonyl (C=O) groups is 1. The summed E-state index contributed by atoms with van der Waals surface area (Å²) in [5, 5.41) is 2.98. The van der Waals surface area contributed by atoms with Crippen LogP contribution in [0.5, 0.6) is 0 Å². The van der Waals surface area contributed by atoms with Crippen LogP contribution >= 0.6 is 0 Å². The third kappa shape index (κ3) is 6.19. The Kier molecular flexibility index (Phi) is 8.26. The fraction of sp³-hybridized carbons (Fsp3) is 0.480. The van der Waals surface area contributed by atoms with Crippen LogP contribution in [0.2, 0.25) is 0 Å². The molecule has 0 aliphatic carbocycles. The minimum Gasteiger partial charge on any atom is -0.354 e. The molecule has 0 spiro atoms. The van der Waals surface area contributed by atoms with Gasteiger partial charge in [-0.25, -0.2) is 12.8 Å². The van der Waals surface area contributed by atoms with Crippen molar-refractivity contribution >= 4 is 15.9 Å². The fourth-order valence-corrected chi connectivity index (χ4v) is 5.66. The van der Waals surface area contributed by atoms with Crippen LogP contribution in [0.15, 0.2) is 53.4 Å². The zero-order valence-corrected chi connectivity index (χ0v) is 20.6. The van der Waals surface area contributed by atoms with Crippen LogP contribution in [0.1, 0.15) is 49.8 Å². The molecule has 8 heteroatoms. The maximum Gasteiger partial charge on any atom is 0.243 e. The number of hydrogen-bond acceptors (Lipinski definition) is 4. The number of nitrogens with zero attached hydrogens (tertiary/aromatic N) is 2. The number of halogens is 1. The molecule has 1 atom stereocenters. The van der Waals surface area contributed by atoms with Gasteiger partial charge in [0.15, 0.2) is 0 Å². The zero-order chi connectivity index (χ0) is 24.2. The first-order valence-electron chi connectivity index (χ1n) is 11.4. The molecule has 180 valence electrons. The van der Waals surface area contributed by atoms with Gasteiger partial charge in [0.05, 0.1) is 10.9 Å². The Morgan fingerprint density at radius 1 is 1.09 bits per heavy atom. The molecule has 33 heavy (non-hydrogen) atoms. The number of benzene rings is 2. The highest BCUT2D eigenvalue weighted by Crippen LogP contribution is 2.26. The van der Waals surface area contributed by atoms with Crippen LogP contribution in [0, 0.1) is 11.7 Å². The fourth-order valence-electron chi connectivity index (χ4n) is 4.19. The number of nitrogens with one attached hydrogen (secondary N) is 1. The molecule has 3 rings (SSSR count). The van der Waals surface area contributed by atoms with Gasteiger partial charge in [-0.15, -0.1) is 0 Å². The second-order valence-electron chi connectivity index (χ2n) is 9.18. The number of rotatable bonds is 8. The van der Waals surface area contributed by atoms with Gasteiger partial charge in [-0.3, -0.25) is 4.79 Å². The lowest BCUT2D eigenvalue weighted by molar-refractivity contribution is -0.126. The maximum absolute atomic E-state index is 13.6. The number of piperidine rings is 1. The summed E-state index contributed by atoms with van der Waals surface area (Å²) in [6.07, 6.45) is 0.948. The summed E-state index contributed by atoms with van der Waals surface area (Å²) in [4.78, 5) is 15.0. The number of likely N-dealkylation sites (N-methyl/N-ethyl adjacent to an activating group) is 1. The highest BCUT2D eigenvalue weighted by Gasteiger charge is 2.32. The molecular weight excluding hydrogens is 441 g/mol. The normalized spacial score (nSPS) is 16.8. The Bertz CT molecular complexity index is 1050. The minimum absolute atomic E-state index is 0.0865. The van der Waals surface area contributed by atoms with Crippen LogP contribution in [0.3, 0.4) is 0 Å². The first-order valence-corrected chi connectivity index (χ1v) is 12.8. The molecule has 2 aromatic rings. The average molecular weight is 476 g/mol.